The van der Waals surface area contributed by atoms with Gasteiger partial charge in [0.05, 0.1) is 17.4 Å². The highest BCUT2D eigenvalue weighted by Crippen LogP contribution is 2.13. The number of carbonyl (C=O) groups is 1. The van der Waals surface area contributed by atoms with Gasteiger partial charge in [-0.15, -0.1) is 11.8 Å². The van der Waals surface area contributed by atoms with Crippen molar-refractivity contribution in [1.29, 1.82) is 5.26 Å². The number of benzene rings is 1. The molecule has 1 aromatic carbocycles. The summed E-state index contributed by atoms with van der Waals surface area (Å²) in [6.45, 7) is 6.21. The van der Waals surface area contributed by atoms with E-state index in [-0.39, 0.29) is 11.9 Å². The molecule has 0 aliphatic carbocycles. The van der Waals surface area contributed by atoms with E-state index in [0.717, 1.165) is 11.3 Å². The molecule has 1 rings (SSSR count). The standard InChI is InChI=1S/C15H20N2OS/c1-11(2)12(3)17-15(18)10-19-9-14-6-4-13(8-16)5-7-14/h4-7,11-12H,9-10H2,1-3H3,(H,17,18). The van der Waals surface area contributed by atoms with E-state index in [1.165, 1.54) is 0 Å². The molecule has 1 unspecified atom stereocenters. The van der Waals surface area contributed by atoms with Gasteiger partial charge in [-0.1, -0.05) is 26.0 Å². The highest BCUT2D eigenvalue weighted by atomic mass is 32.2. The smallest absolute Gasteiger partial charge is 0.230 e. The lowest BCUT2D eigenvalue weighted by Gasteiger charge is -2.17. The van der Waals surface area contributed by atoms with Crippen LogP contribution in [0.15, 0.2) is 24.3 Å². The van der Waals surface area contributed by atoms with Crippen LogP contribution in [0.25, 0.3) is 0 Å². The van der Waals surface area contributed by atoms with Crippen LogP contribution in [0.1, 0.15) is 31.9 Å². The molecule has 0 saturated heterocycles. The maximum Gasteiger partial charge on any atom is 0.230 e. The monoisotopic (exact) mass is 276 g/mol. The van der Waals surface area contributed by atoms with Crippen molar-refractivity contribution in [2.75, 3.05) is 5.75 Å². The second-order valence-corrected chi connectivity index (χ2v) is 5.89. The Labute approximate surface area is 119 Å². The molecule has 0 aliphatic heterocycles. The zero-order valence-corrected chi connectivity index (χ0v) is 12.5. The first-order valence-corrected chi connectivity index (χ1v) is 7.54. The second kappa shape index (κ2) is 7.85. The first kappa shape index (κ1) is 15.6. The fourth-order valence-electron chi connectivity index (χ4n) is 1.40. The minimum Gasteiger partial charge on any atom is -0.353 e. The zero-order chi connectivity index (χ0) is 14.3. The molecule has 0 spiro atoms. The summed E-state index contributed by atoms with van der Waals surface area (Å²) in [7, 11) is 0. The molecule has 1 N–H and O–H groups in total. The van der Waals surface area contributed by atoms with Crippen LogP contribution in [-0.2, 0) is 10.5 Å². The molecule has 0 saturated carbocycles. The van der Waals surface area contributed by atoms with Crippen molar-refractivity contribution in [3.63, 3.8) is 0 Å². The third kappa shape index (κ3) is 5.80. The van der Waals surface area contributed by atoms with E-state index in [9.17, 15) is 4.79 Å². The summed E-state index contributed by atoms with van der Waals surface area (Å²) in [5.41, 5.74) is 1.80. The van der Waals surface area contributed by atoms with Gasteiger partial charge in [0, 0.05) is 11.8 Å². The molecule has 0 bridgehead atoms. The van der Waals surface area contributed by atoms with Gasteiger partial charge < -0.3 is 5.32 Å². The highest BCUT2D eigenvalue weighted by Gasteiger charge is 2.10. The van der Waals surface area contributed by atoms with Crippen molar-refractivity contribution < 1.29 is 4.79 Å². The average molecular weight is 276 g/mol. The second-order valence-electron chi connectivity index (χ2n) is 4.90. The van der Waals surface area contributed by atoms with Crippen molar-refractivity contribution in [2.45, 2.75) is 32.6 Å². The van der Waals surface area contributed by atoms with E-state index in [1.54, 1.807) is 23.9 Å². The summed E-state index contributed by atoms with van der Waals surface area (Å²) in [5.74, 6) is 1.79. The van der Waals surface area contributed by atoms with Gasteiger partial charge in [-0.05, 0) is 30.5 Å². The van der Waals surface area contributed by atoms with Crippen LogP contribution < -0.4 is 5.32 Å². The lowest BCUT2D eigenvalue weighted by molar-refractivity contribution is -0.119. The molecule has 0 radical (unpaired) electrons. The van der Waals surface area contributed by atoms with E-state index in [2.05, 4.69) is 25.2 Å². The number of rotatable bonds is 6. The minimum absolute atomic E-state index is 0.0832. The maximum atomic E-state index is 11.7. The Balaban J connectivity index is 2.30. The number of hydrogen-bond donors (Lipinski definition) is 1. The number of nitrogens with one attached hydrogen (secondary N) is 1. The number of nitriles is 1. The van der Waals surface area contributed by atoms with Crippen LogP contribution >= 0.6 is 11.8 Å². The summed E-state index contributed by atoms with van der Waals surface area (Å²) in [4.78, 5) is 11.7. The third-order valence-electron chi connectivity index (χ3n) is 2.97. The Kier molecular flexibility index (Phi) is 6.44. The van der Waals surface area contributed by atoms with Gasteiger partial charge in [-0.25, -0.2) is 0 Å². The van der Waals surface area contributed by atoms with Crippen molar-refractivity contribution in [3.8, 4) is 6.07 Å². The summed E-state index contributed by atoms with van der Waals surface area (Å²) in [6, 6.07) is 9.77. The van der Waals surface area contributed by atoms with Crippen LogP contribution in [0.5, 0.6) is 0 Å². The van der Waals surface area contributed by atoms with Gasteiger partial charge in [0.15, 0.2) is 0 Å². The fraction of sp³-hybridized carbons (Fsp3) is 0.467. The Morgan fingerprint density at radius 3 is 2.47 bits per heavy atom. The lowest BCUT2D eigenvalue weighted by Crippen LogP contribution is -2.37. The van der Waals surface area contributed by atoms with Crippen molar-refractivity contribution in [2.24, 2.45) is 5.92 Å². The van der Waals surface area contributed by atoms with Crippen LogP contribution in [0.4, 0.5) is 0 Å². The summed E-state index contributed by atoms with van der Waals surface area (Å²) < 4.78 is 0. The van der Waals surface area contributed by atoms with Crippen LogP contribution in [0.2, 0.25) is 0 Å². The quantitative estimate of drug-likeness (QED) is 0.869. The van der Waals surface area contributed by atoms with Crippen molar-refractivity contribution in [3.05, 3.63) is 35.4 Å². The number of carbonyl (C=O) groups excluding carboxylic acids is 1. The number of hydrogen-bond acceptors (Lipinski definition) is 3. The molecule has 0 aliphatic rings. The predicted molar refractivity (Wildman–Crippen MR) is 79.8 cm³/mol. The Hall–Kier alpha value is -1.47. The van der Waals surface area contributed by atoms with E-state index >= 15 is 0 Å². The van der Waals surface area contributed by atoms with Gasteiger partial charge in [-0.3, -0.25) is 4.79 Å². The van der Waals surface area contributed by atoms with E-state index in [1.807, 2.05) is 19.1 Å². The normalized spacial score (nSPS) is 11.9. The SMILES string of the molecule is CC(C)C(C)NC(=O)CSCc1ccc(C#N)cc1. The molecule has 4 heteroatoms. The van der Waals surface area contributed by atoms with Gasteiger partial charge in [-0.2, -0.15) is 5.26 Å². The van der Waals surface area contributed by atoms with Crippen LogP contribution in [-0.4, -0.2) is 17.7 Å². The lowest BCUT2D eigenvalue weighted by atomic mass is 10.1. The highest BCUT2D eigenvalue weighted by molar-refractivity contribution is 7.99. The molecule has 1 atom stereocenters. The number of nitrogens with zero attached hydrogens (tertiary/aromatic N) is 1. The Bertz CT molecular complexity index is 448. The molecule has 19 heavy (non-hydrogen) atoms. The molecule has 1 amide bonds. The fourth-order valence-corrected chi connectivity index (χ4v) is 2.20. The summed E-state index contributed by atoms with van der Waals surface area (Å²) in [5, 5.41) is 11.7. The first-order chi connectivity index (χ1) is 9.02. The molecule has 3 nitrogen and oxygen atoms in total. The largest absolute Gasteiger partial charge is 0.353 e. The molecule has 0 aromatic heterocycles. The van der Waals surface area contributed by atoms with E-state index in [0.29, 0.717) is 17.2 Å². The third-order valence-corrected chi connectivity index (χ3v) is 3.98. The topological polar surface area (TPSA) is 52.9 Å². The van der Waals surface area contributed by atoms with Crippen molar-refractivity contribution >= 4 is 17.7 Å². The average Bonchev–Trinajstić information content (AvgIpc) is 2.39. The summed E-state index contributed by atoms with van der Waals surface area (Å²) >= 11 is 1.59. The summed E-state index contributed by atoms with van der Waals surface area (Å²) in [6.07, 6.45) is 0. The Morgan fingerprint density at radius 2 is 1.95 bits per heavy atom. The minimum atomic E-state index is 0.0832. The van der Waals surface area contributed by atoms with Crippen LogP contribution in [0.3, 0.4) is 0 Å². The van der Waals surface area contributed by atoms with Crippen molar-refractivity contribution in [1.82, 2.24) is 5.32 Å². The van der Waals surface area contributed by atoms with Gasteiger partial charge in [0.1, 0.15) is 0 Å². The molecule has 102 valence electrons. The van der Waals surface area contributed by atoms with Crippen LogP contribution in [0, 0.1) is 17.2 Å². The molecule has 0 fully saturated rings. The van der Waals surface area contributed by atoms with E-state index < -0.39 is 0 Å². The van der Waals surface area contributed by atoms with Gasteiger partial charge >= 0.3 is 0 Å². The van der Waals surface area contributed by atoms with E-state index in [4.69, 9.17) is 5.26 Å². The molecular formula is C15H20N2OS. The molecular weight excluding hydrogens is 256 g/mol. The van der Waals surface area contributed by atoms with Gasteiger partial charge in [0.25, 0.3) is 0 Å². The van der Waals surface area contributed by atoms with Gasteiger partial charge in [0.2, 0.25) is 5.91 Å². The Morgan fingerprint density at radius 1 is 1.32 bits per heavy atom. The zero-order valence-electron chi connectivity index (χ0n) is 11.6. The molecule has 1 aromatic rings. The molecule has 0 heterocycles. The maximum absolute atomic E-state index is 11.7. The first-order valence-electron chi connectivity index (χ1n) is 6.39. The number of amides is 1. The predicted octanol–water partition coefficient (Wildman–Crippen LogP) is 2.95. The number of thioether (sulfide) groups is 1.